The second-order valence-corrected chi connectivity index (χ2v) is 4.30. The van der Waals surface area contributed by atoms with Crippen LogP contribution in [0.3, 0.4) is 0 Å². The monoisotopic (exact) mass is 270 g/mol. The van der Waals surface area contributed by atoms with Crippen molar-refractivity contribution in [1.29, 1.82) is 0 Å². The number of rotatable bonds is 2. The number of hydrogen-bond donors (Lipinski definition) is 2. The van der Waals surface area contributed by atoms with E-state index in [-0.39, 0.29) is 11.5 Å². The summed E-state index contributed by atoms with van der Waals surface area (Å²) >= 11 is 0. The number of nitro groups is 1. The topological polar surface area (TPSA) is 124 Å². The molecule has 1 aromatic carbocycles. The van der Waals surface area contributed by atoms with Crippen molar-refractivity contribution in [2.75, 3.05) is 5.73 Å². The number of imidazole rings is 1. The highest BCUT2D eigenvalue weighted by Gasteiger charge is 2.15. The lowest BCUT2D eigenvalue weighted by Crippen LogP contribution is -1.92. The molecule has 0 amide bonds. The summed E-state index contributed by atoms with van der Waals surface area (Å²) in [7, 11) is 0. The van der Waals surface area contributed by atoms with Gasteiger partial charge in [-0.05, 0) is 6.92 Å². The molecule has 2 aromatic heterocycles. The van der Waals surface area contributed by atoms with E-state index in [0.717, 1.165) is 0 Å². The Morgan fingerprint density at radius 3 is 2.85 bits per heavy atom. The zero-order valence-electron chi connectivity index (χ0n) is 10.5. The van der Waals surface area contributed by atoms with E-state index < -0.39 is 4.92 Å². The number of aromatic nitrogens is 4. The molecule has 0 aliphatic rings. The summed E-state index contributed by atoms with van der Waals surface area (Å²) in [6.45, 7) is 1.68. The fourth-order valence-electron chi connectivity index (χ4n) is 1.94. The number of benzene rings is 1. The van der Waals surface area contributed by atoms with Crippen molar-refractivity contribution in [3.8, 4) is 11.4 Å². The van der Waals surface area contributed by atoms with Crippen LogP contribution in [-0.2, 0) is 0 Å². The highest BCUT2D eigenvalue weighted by atomic mass is 16.6. The van der Waals surface area contributed by atoms with Gasteiger partial charge in [0.05, 0.1) is 4.92 Å². The highest BCUT2D eigenvalue weighted by Crippen LogP contribution is 2.26. The number of H-pyrrole nitrogens is 1. The summed E-state index contributed by atoms with van der Waals surface area (Å²) < 4.78 is 0. The predicted molar refractivity (Wildman–Crippen MR) is 72.9 cm³/mol. The largest absolute Gasteiger partial charge is 0.382 e. The average Bonchev–Trinajstić information content (AvgIpc) is 2.84. The Kier molecular flexibility index (Phi) is 2.56. The number of hydrogen-bond acceptors (Lipinski definition) is 6. The van der Waals surface area contributed by atoms with Crippen LogP contribution in [0.2, 0.25) is 0 Å². The van der Waals surface area contributed by atoms with E-state index in [2.05, 4.69) is 19.9 Å². The minimum atomic E-state index is -0.421. The molecule has 0 radical (unpaired) electrons. The van der Waals surface area contributed by atoms with Gasteiger partial charge in [-0.15, -0.1) is 0 Å². The number of aryl methyl sites for hydroxylation is 1. The fraction of sp³-hybridized carbons (Fsp3) is 0.0833. The van der Waals surface area contributed by atoms with Gasteiger partial charge in [-0.25, -0.2) is 15.0 Å². The average molecular weight is 270 g/mol. The molecule has 3 aromatic rings. The number of nitrogens with one attached hydrogen (secondary N) is 1. The molecule has 0 bridgehead atoms. The Morgan fingerprint density at radius 1 is 1.35 bits per heavy atom. The van der Waals surface area contributed by atoms with E-state index in [1.807, 2.05) is 0 Å². The summed E-state index contributed by atoms with van der Waals surface area (Å²) in [6, 6.07) is 4.90. The van der Waals surface area contributed by atoms with Gasteiger partial charge in [0, 0.05) is 17.2 Å². The van der Waals surface area contributed by atoms with Gasteiger partial charge in [0.25, 0.3) is 5.69 Å². The van der Waals surface area contributed by atoms with Crippen LogP contribution >= 0.6 is 0 Å². The minimum absolute atomic E-state index is 0.0435. The highest BCUT2D eigenvalue weighted by molar-refractivity contribution is 5.84. The van der Waals surface area contributed by atoms with Crippen LogP contribution < -0.4 is 5.73 Å². The first-order valence-electron chi connectivity index (χ1n) is 5.78. The van der Waals surface area contributed by atoms with Crippen molar-refractivity contribution >= 4 is 22.7 Å². The van der Waals surface area contributed by atoms with Crippen molar-refractivity contribution < 1.29 is 4.92 Å². The molecule has 0 atom stereocenters. The molecule has 0 saturated heterocycles. The number of aromatic amines is 1. The Morgan fingerprint density at radius 2 is 2.15 bits per heavy atom. The van der Waals surface area contributed by atoms with E-state index in [1.165, 1.54) is 12.4 Å². The molecule has 0 unspecified atom stereocenters. The van der Waals surface area contributed by atoms with Crippen LogP contribution in [0, 0.1) is 17.0 Å². The maximum absolute atomic E-state index is 11.0. The van der Waals surface area contributed by atoms with Gasteiger partial charge in [0.15, 0.2) is 11.5 Å². The van der Waals surface area contributed by atoms with Gasteiger partial charge in [-0.3, -0.25) is 10.1 Å². The predicted octanol–water partition coefficient (Wildman–Crippen LogP) is 1.82. The molecule has 0 spiro atoms. The third-order valence-electron chi connectivity index (χ3n) is 3.00. The van der Waals surface area contributed by atoms with Crippen LogP contribution in [0.25, 0.3) is 22.6 Å². The van der Waals surface area contributed by atoms with Crippen LogP contribution in [0.15, 0.2) is 24.5 Å². The summed E-state index contributed by atoms with van der Waals surface area (Å²) in [5.41, 5.74) is 7.90. The minimum Gasteiger partial charge on any atom is -0.382 e. The van der Waals surface area contributed by atoms with Crippen molar-refractivity contribution in [3.63, 3.8) is 0 Å². The molecule has 100 valence electrons. The van der Waals surface area contributed by atoms with E-state index in [9.17, 15) is 10.1 Å². The molecule has 8 heteroatoms. The number of anilines is 1. The number of nitrogen functional groups attached to an aromatic ring is 1. The summed E-state index contributed by atoms with van der Waals surface area (Å²) in [4.78, 5) is 25.6. The maximum atomic E-state index is 11.0. The maximum Gasteiger partial charge on any atom is 0.273 e. The SMILES string of the molecule is Cc1ccc(-c2nc3ncnc(N)c3[nH]2)cc1[N+](=O)[O-]. The molecule has 0 fully saturated rings. The first-order chi connectivity index (χ1) is 9.56. The standard InChI is InChI=1S/C12H10N6O2/c1-6-2-3-7(4-8(6)18(19)20)11-16-9-10(13)14-5-15-12(9)17-11/h2-5H,1H3,(H3,13,14,15,16,17). The zero-order valence-corrected chi connectivity index (χ0v) is 10.5. The molecular weight excluding hydrogens is 260 g/mol. The number of nitrogens with two attached hydrogens (primary N) is 1. The lowest BCUT2D eigenvalue weighted by Gasteiger charge is -2.00. The second kappa shape index (κ2) is 4.26. The normalized spacial score (nSPS) is 10.8. The third kappa shape index (κ3) is 1.83. The Balaban J connectivity index is 2.18. The van der Waals surface area contributed by atoms with E-state index in [0.29, 0.717) is 28.1 Å². The second-order valence-electron chi connectivity index (χ2n) is 4.30. The van der Waals surface area contributed by atoms with Crippen LogP contribution in [-0.4, -0.2) is 24.9 Å². The zero-order chi connectivity index (χ0) is 14.3. The van der Waals surface area contributed by atoms with Gasteiger partial charge in [-0.2, -0.15) is 0 Å². The number of fused-ring (bicyclic) bond motifs is 1. The van der Waals surface area contributed by atoms with Gasteiger partial charge >= 0.3 is 0 Å². The Hall–Kier alpha value is -3.03. The van der Waals surface area contributed by atoms with Crippen molar-refractivity contribution in [1.82, 2.24) is 19.9 Å². The van der Waals surface area contributed by atoms with Crippen LogP contribution in [0.1, 0.15) is 5.56 Å². The van der Waals surface area contributed by atoms with Crippen LogP contribution in [0.5, 0.6) is 0 Å². The summed E-state index contributed by atoms with van der Waals surface area (Å²) in [5, 5.41) is 11.0. The van der Waals surface area contributed by atoms with Crippen molar-refractivity contribution in [3.05, 3.63) is 40.2 Å². The molecular formula is C12H10N6O2. The van der Waals surface area contributed by atoms with E-state index in [4.69, 9.17) is 5.73 Å². The lowest BCUT2D eigenvalue weighted by molar-refractivity contribution is -0.385. The van der Waals surface area contributed by atoms with Gasteiger partial charge in [-0.1, -0.05) is 12.1 Å². The van der Waals surface area contributed by atoms with Crippen molar-refractivity contribution in [2.45, 2.75) is 6.92 Å². The fourth-order valence-corrected chi connectivity index (χ4v) is 1.94. The molecule has 0 saturated carbocycles. The number of nitrogens with zero attached hydrogens (tertiary/aromatic N) is 4. The molecule has 3 N–H and O–H groups in total. The molecule has 2 heterocycles. The van der Waals surface area contributed by atoms with Gasteiger partial charge < -0.3 is 10.7 Å². The number of nitro benzene ring substituents is 1. The molecule has 20 heavy (non-hydrogen) atoms. The quantitative estimate of drug-likeness (QED) is 0.540. The van der Waals surface area contributed by atoms with E-state index in [1.54, 1.807) is 19.1 Å². The van der Waals surface area contributed by atoms with Crippen LogP contribution in [0.4, 0.5) is 11.5 Å². The summed E-state index contributed by atoms with van der Waals surface area (Å²) in [6.07, 6.45) is 1.32. The van der Waals surface area contributed by atoms with E-state index >= 15 is 0 Å². The summed E-state index contributed by atoms with van der Waals surface area (Å²) in [5.74, 6) is 0.755. The Labute approximate surface area is 112 Å². The van der Waals surface area contributed by atoms with Gasteiger partial charge in [0.1, 0.15) is 17.7 Å². The van der Waals surface area contributed by atoms with Gasteiger partial charge in [0.2, 0.25) is 0 Å². The first-order valence-corrected chi connectivity index (χ1v) is 5.78. The molecule has 8 nitrogen and oxygen atoms in total. The smallest absolute Gasteiger partial charge is 0.273 e. The first kappa shape index (κ1) is 12.0. The lowest BCUT2D eigenvalue weighted by atomic mass is 10.1. The molecule has 0 aliphatic carbocycles. The molecule has 0 aliphatic heterocycles. The third-order valence-corrected chi connectivity index (χ3v) is 3.00. The Bertz CT molecular complexity index is 826. The van der Waals surface area contributed by atoms with Crippen molar-refractivity contribution in [2.24, 2.45) is 0 Å². The molecule has 3 rings (SSSR count).